The van der Waals surface area contributed by atoms with Crippen LogP contribution in [0, 0.1) is 17.8 Å². The van der Waals surface area contributed by atoms with E-state index < -0.39 is 0 Å². The number of ether oxygens (including phenoxy) is 1. The zero-order chi connectivity index (χ0) is 11.3. The standard InChI is InChI=1S/C12H17NO3/c1-16-12(15)10-5-9(10)11(14)13-6-7-2-3-8(13)4-7/h7-10H,2-6H2,1H3. The smallest absolute Gasteiger partial charge is 0.309 e. The second-order valence-corrected chi connectivity index (χ2v) is 5.30. The summed E-state index contributed by atoms with van der Waals surface area (Å²) < 4.78 is 4.67. The number of carbonyl (C=O) groups excluding carboxylic acids is 2. The largest absolute Gasteiger partial charge is 0.469 e. The first-order valence-corrected chi connectivity index (χ1v) is 6.09. The molecule has 0 radical (unpaired) electrons. The SMILES string of the molecule is COC(=O)C1CC1C(=O)N1CC2CCC1C2. The summed E-state index contributed by atoms with van der Waals surface area (Å²) in [5.41, 5.74) is 0. The summed E-state index contributed by atoms with van der Waals surface area (Å²) in [6.45, 7) is 0.924. The molecule has 3 aliphatic rings. The molecule has 4 nitrogen and oxygen atoms in total. The van der Waals surface area contributed by atoms with Gasteiger partial charge in [-0.25, -0.2) is 0 Å². The number of nitrogens with zero attached hydrogens (tertiary/aromatic N) is 1. The Bertz CT molecular complexity index is 341. The summed E-state index contributed by atoms with van der Waals surface area (Å²) in [7, 11) is 1.39. The molecule has 2 bridgehead atoms. The zero-order valence-electron chi connectivity index (χ0n) is 9.52. The van der Waals surface area contributed by atoms with Crippen molar-refractivity contribution in [2.24, 2.45) is 17.8 Å². The number of hydrogen-bond acceptors (Lipinski definition) is 3. The molecule has 2 aliphatic carbocycles. The average molecular weight is 223 g/mol. The number of amides is 1. The van der Waals surface area contributed by atoms with E-state index >= 15 is 0 Å². The van der Waals surface area contributed by atoms with Crippen molar-refractivity contribution in [2.75, 3.05) is 13.7 Å². The summed E-state index contributed by atoms with van der Waals surface area (Å²) in [5.74, 6) is 0.470. The quantitative estimate of drug-likeness (QED) is 0.651. The Morgan fingerprint density at radius 3 is 2.56 bits per heavy atom. The van der Waals surface area contributed by atoms with Gasteiger partial charge in [0.05, 0.1) is 18.9 Å². The van der Waals surface area contributed by atoms with Crippen LogP contribution in [0.2, 0.25) is 0 Å². The number of esters is 1. The maximum Gasteiger partial charge on any atom is 0.309 e. The number of carbonyl (C=O) groups is 2. The van der Waals surface area contributed by atoms with Crippen molar-refractivity contribution in [1.82, 2.24) is 4.90 Å². The average Bonchev–Trinajstić information content (AvgIpc) is 2.82. The highest BCUT2D eigenvalue weighted by molar-refractivity contribution is 5.90. The molecule has 1 aliphatic heterocycles. The van der Waals surface area contributed by atoms with Crippen LogP contribution in [0.3, 0.4) is 0 Å². The van der Waals surface area contributed by atoms with Crippen molar-refractivity contribution >= 4 is 11.9 Å². The van der Waals surface area contributed by atoms with Gasteiger partial charge in [-0.1, -0.05) is 0 Å². The Hall–Kier alpha value is -1.06. The lowest BCUT2D eigenvalue weighted by Crippen LogP contribution is -2.39. The maximum atomic E-state index is 12.1. The first-order valence-electron chi connectivity index (χ1n) is 6.09. The minimum atomic E-state index is -0.220. The predicted octanol–water partition coefficient (Wildman–Crippen LogP) is 0.806. The fourth-order valence-corrected chi connectivity index (χ4v) is 3.29. The summed E-state index contributed by atoms with van der Waals surface area (Å²) in [6, 6.07) is 0.469. The van der Waals surface area contributed by atoms with E-state index in [9.17, 15) is 9.59 Å². The molecular weight excluding hydrogens is 206 g/mol. The molecule has 0 spiro atoms. The molecule has 3 rings (SSSR count). The third-order valence-corrected chi connectivity index (χ3v) is 4.30. The van der Waals surface area contributed by atoms with Gasteiger partial charge in [0, 0.05) is 12.6 Å². The van der Waals surface area contributed by atoms with Gasteiger partial charge in [-0.2, -0.15) is 0 Å². The van der Waals surface area contributed by atoms with E-state index in [1.54, 1.807) is 0 Å². The molecule has 3 fully saturated rings. The molecule has 1 saturated heterocycles. The van der Waals surface area contributed by atoms with Crippen molar-refractivity contribution in [3.8, 4) is 0 Å². The fourth-order valence-electron chi connectivity index (χ4n) is 3.29. The normalized spacial score (nSPS) is 39.9. The van der Waals surface area contributed by atoms with Gasteiger partial charge in [0.2, 0.25) is 5.91 Å². The number of piperidine rings is 1. The molecule has 2 saturated carbocycles. The van der Waals surface area contributed by atoms with Crippen molar-refractivity contribution in [1.29, 1.82) is 0 Å². The van der Waals surface area contributed by atoms with Gasteiger partial charge in [-0.05, 0) is 31.6 Å². The highest BCUT2D eigenvalue weighted by Gasteiger charge is 2.53. The van der Waals surface area contributed by atoms with E-state index in [1.165, 1.54) is 20.0 Å². The zero-order valence-corrected chi connectivity index (χ0v) is 9.52. The lowest BCUT2D eigenvalue weighted by atomic mass is 10.1. The lowest BCUT2D eigenvalue weighted by molar-refractivity contribution is -0.145. The number of rotatable bonds is 2. The molecule has 88 valence electrons. The Kier molecular flexibility index (Phi) is 2.19. The van der Waals surface area contributed by atoms with E-state index in [2.05, 4.69) is 4.74 Å². The molecule has 4 heteroatoms. The predicted molar refractivity (Wildman–Crippen MR) is 56.5 cm³/mol. The first-order chi connectivity index (χ1) is 7.70. The van der Waals surface area contributed by atoms with Gasteiger partial charge < -0.3 is 9.64 Å². The van der Waals surface area contributed by atoms with Crippen LogP contribution in [0.15, 0.2) is 0 Å². The molecule has 0 N–H and O–H groups in total. The number of hydrogen-bond donors (Lipinski definition) is 0. The number of methoxy groups -OCH3 is 1. The van der Waals surface area contributed by atoms with Crippen LogP contribution >= 0.6 is 0 Å². The van der Waals surface area contributed by atoms with Crippen LogP contribution in [-0.2, 0) is 14.3 Å². The van der Waals surface area contributed by atoms with Gasteiger partial charge >= 0.3 is 5.97 Å². The van der Waals surface area contributed by atoms with Crippen LogP contribution in [-0.4, -0.2) is 36.5 Å². The Balaban J connectivity index is 1.61. The van der Waals surface area contributed by atoms with Crippen molar-refractivity contribution in [3.63, 3.8) is 0 Å². The van der Waals surface area contributed by atoms with E-state index in [0.717, 1.165) is 18.9 Å². The minimum Gasteiger partial charge on any atom is -0.469 e. The van der Waals surface area contributed by atoms with Gasteiger partial charge in [0.25, 0.3) is 0 Å². The lowest BCUT2D eigenvalue weighted by Gasteiger charge is -2.27. The summed E-state index contributed by atoms with van der Waals surface area (Å²) in [5, 5.41) is 0. The van der Waals surface area contributed by atoms with Crippen molar-refractivity contribution in [3.05, 3.63) is 0 Å². The topological polar surface area (TPSA) is 46.6 Å². The van der Waals surface area contributed by atoms with Crippen LogP contribution in [0.1, 0.15) is 25.7 Å². The van der Waals surface area contributed by atoms with Crippen LogP contribution in [0.25, 0.3) is 0 Å². The monoisotopic (exact) mass is 223 g/mol. The van der Waals surface area contributed by atoms with E-state index in [-0.39, 0.29) is 23.7 Å². The number of fused-ring (bicyclic) bond motifs is 2. The molecule has 1 amide bonds. The number of likely N-dealkylation sites (tertiary alicyclic amines) is 1. The minimum absolute atomic E-state index is 0.0770. The highest BCUT2D eigenvalue weighted by atomic mass is 16.5. The highest BCUT2D eigenvalue weighted by Crippen LogP contribution is 2.45. The summed E-state index contributed by atoms with van der Waals surface area (Å²) in [4.78, 5) is 25.4. The van der Waals surface area contributed by atoms with Crippen LogP contribution < -0.4 is 0 Å². The second kappa shape index (κ2) is 3.47. The molecule has 0 aromatic heterocycles. The summed E-state index contributed by atoms with van der Waals surface area (Å²) >= 11 is 0. The van der Waals surface area contributed by atoms with Gasteiger partial charge in [0.1, 0.15) is 0 Å². The molecular formula is C12H17NO3. The van der Waals surface area contributed by atoms with Gasteiger partial charge in [-0.15, -0.1) is 0 Å². The van der Waals surface area contributed by atoms with Gasteiger partial charge in [0.15, 0.2) is 0 Å². The van der Waals surface area contributed by atoms with E-state index in [4.69, 9.17) is 0 Å². The van der Waals surface area contributed by atoms with E-state index in [0.29, 0.717) is 12.5 Å². The van der Waals surface area contributed by atoms with Crippen molar-refractivity contribution < 1.29 is 14.3 Å². The van der Waals surface area contributed by atoms with E-state index in [1.807, 2.05) is 4.90 Å². The molecule has 1 heterocycles. The first kappa shape index (κ1) is 10.1. The van der Waals surface area contributed by atoms with Crippen LogP contribution in [0.4, 0.5) is 0 Å². The third kappa shape index (κ3) is 1.43. The molecule has 4 atom stereocenters. The molecule has 0 aromatic rings. The maximum absolute atomic E-state index is 12.1. The Labute approximate surface area is 94.9 Å². The van der Waals surface area contributed by atoms with Gasteiger partial charge in [-0.3, -0.25) is 9.59 Å². The third-order valence-electron chi connectivity index (χ3n) is 4.30. The molecule has 4 unspecified atom stereocenters. The fraction of sp³-hybridized carbons (Fsp3) is 0.833. The summed E-state index contributed by atoms with van der Waals surface area (Å²) in [6.07, 6.45) is 4.31. The van der Waals surface area contributed by atoms with Crippen molar-refractivity contribution in [2.45, 2.75) is 31.7 Å². The van der Waals surface area contributed by atoms with Crippen LogP contribution in [0.5, 0.6) is 0 Å². The Morgan fingerprint density at radius 2 is 2.00 bits per heavy atom. The second-order valence-electron chi connectivity index (χ2n) is 5.30. The molecule has 0 aromatic carbocycles. The molecule has 16 heavy (non-hydrogen) atoms. The Morgan fingerprint density at radius 1 is 1.19 bits per heavy atom.